The minimum atomic E-state index is -0.579. The van der Waals surface area contributed by atoms with E-state index in [-0.39, 0.29) is 11.7 Å². The second-order valence-corrected chi connectivity index (χ2v) is 8.02. The number of esters is 1. The van der Waals surface area contributed by atoms with Crippen molar-refractivity contribution >= 4 is 23.4 Å². The fraction of sp³-hybridized carbons (Fsp3) is 0.318. The van der Waals surface area contributed by atoms with Gasteiger partial charge in [0.2, 0.25) is 0 Å². The highest BCUT2D eigenvalue weighted by molar-refractivity contribution is 8.00. The van der Waals surface area contributed by atoms with E-state index in [1.807, 2.05) is 34.9 Å². The maximum atomic E-state index is 12.5. The zero-order valence-electron chi connectivity index (χ0n) is 17.4. The molecule has 0 saturated heterocycles. The Labute approximate surface area is 184 Å². The van der Waals surface area contributed by atoms with Crippen LogP contribution >= 0.6 is 11.8 Å². The lowest BCUT2D eigenvalue weighted by Crippen LogP contribution is -2.13. The first-order chi connectivity index (χ1) is 15.0. The lowest BCUT2D eigenvalue weighted by Gasteiger charge is -2.16. The Hall–Kier alpha value is -3.20. The molecule has 1 aromatic heterocycles. The van der Waals surface area contributed by atoms with Crippen molar-refractivity contribution in [2.45, 2.75) is 43.1 Å². The summed E-state index contributed by atoms with van der Waals surface area (Å²) < 4.78 is 7.00. The van der Waals surface area contributed by atoms with Crippen molar-refractivity contribution in [3.05, 3.63) is 81.7 Å². The number of nitro benzene ring substituents is 1. The number of carbonyl (C=O) groups excluding carboxylic acids is 1. The summed E-state index contributed by atoms with van der Waals surface area (Å²) in [5.74, 6) is 0.454. The SMILES string of the molecule is CCCCc1nnc(SC(C(=O)OC)c2ccccc2)n1Cc1ccc([N+](=O)[O-])cc1. The molecule has 162 valence electrons. The number of carbonyl (C=O) groups is 1. The summed E-state index contributed by atoms with van der Waals surface area (Å²) in [6, 6.07) is 15.8. The number of hydrogen-bond donors (Lipinski definition) is 0. The van der Waals surface area contributed by atoms with Gasteiger partial charge in [0.15, 0.2) is 5.16 Å². The first-order valence-electron chi connectivity index (χ1n) is 9.98. The molecule has 0 bridgehead atoms. The van der Waals surface area contributed by atoms with Crippen LogP contribution in [0.25, 0.3) is 0 Å². The van der Waals surface area contributed by atoms with Gasteiger partial charge in [-0.25, -0.2) is 0 Å². The molecule has 1 atom stereocenters. The molecule has 0 aliphatic heterocycles. The molecule has 0 spiro atoms. The van der Waals surface area contributed by atoms with Crippen molar-refractivity contribution in [1.82, 2.24) is 14.8 Å². The number of benzene rings is 2. The number of nitro groups is 1. The summed E-state index contributed by atoms with van der Waals surface area (Å²) >= 11 is 1.29. The van der Waals surface area contributed by atoms with Gasteiger partial charge in [0, 0.05) is 18.6 Å². The standard InChI is InChI=1S/C22H24N4O4S/c1-3-4-10-19-23-24-22(25(19)15-16-11-13-18(14-12-16)26(28)29)31-20(21(27)30-2)17-8-6-5-7-9-17/h5-9,11-14,20H,3-4,10,15H2,1-2H3. The topological polar surface area (TPSA) is 100 Å². The third-order valence-corrected chi connectivity index (χ3v) is 5.99. The molecule has 0 N–H and O–H groups in total. The van der Waals surface area contributed by atoms with E-state index < -0.39 is 10.2 Å². The van der Waals surface area contributed by atoms with E-state index in [4.69, 9.17) is 4.74 Å². The van der Waals surface area contributed by atoms with E-state index >= 15 is 0 Å². The van der Waals surface area contributed by atoms with E-state index in [9.17, 15) is 14.9 Å². The van der Waals surface area contributed by atoms with Gasteiger partial charge >= 0.3 is 5.97 Å². The highest BCUT2D eigenvalue weighted by Crippen LogP contribution is 2.36. The van der Waals surface area contributed by atoms with Crippen molar-refractivity contribution < 1.29 is 14.5 Å². The monoisotopic (exact) mass is 440 g/mol. The molecule has 31 heavy (non-hydrogen) atoms. The van der Waals surface area contributed by atoms with Crippen LogP contribution < -0.4 is 0 Å². The zero-order valence-corrected chi connectivity index (χ0v) is 18.2. The van der Waals surface area contributed by atoms with Crippen molar-refractivity contribution in [2.24, 2.45) is 0 Å². The quantitative estimate of drug-likeness (QED) is 0.197. The zero-order chi connectivity index (χ0) is 22.2. The number of hydrogen-bond acceptors (Lipinski definition) is 7. The molecule has 9 heteroatoms. The van der Waals surface area contributed by atoms with Gasteiger partial charge in [-0.05, 0) is 17.5 Å². The molecule has 0 amide bonds. The molecule has 8 nitrogen and oxygen atoms in total. The number of nitrogens with zero attached hydrogens (tertiary/aromatic N) is 4. The van der Waals surface area contributed by atoms with Gasteiger partial charge in [-0.1, -0.05) is 67.6 Å². The summed E-state index contributed by atoms with van der Waals surface area (Å²) in [7, 11) is 1.37. The van der Waals surface area contributed by atoms with Gasteiger partial charge in [0.05, 0.1) is 18.6 Å². The predicted molar refractivity (Wildman–Crippen MR) is 118 cm³/mol. The van der Waals surface area contributed by atoms with Gasteiger partial charge < -0.3 is 9.30 Å². The minimum Gasteiger partial charge on any atom is -0.468 e. The van der Waals surface area contributed by atoms with E-state index in [1.54, 1.807) is 12.1 Å². The molecule has 0 fully saturated rings. The van der Waals surface area contributed by atoms with E-state index in [1.165, 1.54) is 31.0 Å². The second kappa shape index (κ2) is 10.7. The number of non-ortho nitro benzene ring substituents is 1. The summed E-state index contributed by atoms with van der Waals surface area (Å²) in [6.07, 6.45) is 2.73. The van der Waals surface area contributed by atoms with Gasteiger partial charge in [-0.2, -0.15) is 0 Å². The van der Waals surface area contributed by atoms with Crippen LogP contribution in [0.4, 0.5) is 5.69 Å². The summed E-state index contributed by atoms with van der Waals surface area (Å²) in [5, 5.41) is 19.7. The number of ether oxygens (including phenoxy) is 1. The largest absolute Gasteiger partial charge is 0.468 e. The highest BCUT2D eigenvalue weighted by atomic mass is 32.2. The van der Waals surface area contributed by atoms with Crippen LogP contribution in [0.1, 0.15) is 42.0 Å². The molecule has 3 rings (SSSR count). The Kier molecular flexibility index (Phi) is 7.77. The molecule has 3 aromatic rings. The van der Waals surface area contributed by atoms with Crippen molar-refractivity contribution in [2.75, 3.05) is 7.11 Å². The van der Waals surface area contributed by atoms with Crippen LogP contribution in [-0.4, -0.2) is 32.8 Å². The Balaban J connectivity index is 1.92. The van der Waals surface area contributed by atoms with Crippen LogP contribution in [-0.2, 0) is 22.5 Å². The predicted octanol–water partition coefficient (Wildman–Crippen LogP) is 4.58. The molecular formula is C22H24N4O4S. The maximum absolute atomic E-state index is 12.5. The molecule has 0 radical (unpaired) electrons. The average molecular weight is 441 g/mol. The Morgan fingerprint density at radius 1 is 1.16 bits per heavy atom. The maximum Gasteiger partial charge on any atom is 0.323 e. The molecule has 0 aliphatic rings. The molecule has 0 aliphatic carbocycles. The van der Waals surface area contributed by atoms with Crippen molar-refractivity contribution in [3.8, 4) is 0 Å². The summed E-state index contributed by atoms with van der Waals surface area (Å²) in [4.78, 5) is 23.0. The van der Waals surface area contributed by atoms with E-state index in [0.717, 1.165) is 36.2 Å². The molecular weight excluding hydrogens is 416 g/mol. The number of rotatable bonds is 10. The van der Waals surface area contributed by atoms with Gasteiger partial charge in [0.25, 0.3) is 5.69 Å². The van der Waals surface area contributed by atoms with Crippen LogP contribution in [0, 0.1) is 10.1 Å². The molecule has 0 saturated carbocycles. The van der Waals surface area contributed by atoms with Gasteiger partial charge in [-0.15, -0.1) is 10.2 Å². The normalized spacial score (nSPS) is 11.8. The highest BCUT2D eigenvalue weighted by Gasteiger charge is 2.26. The summed E-state index contributed by atoms with van der Waals surface area (Å²) in [6.45, 7) is 2.56. The Morgan fingerprint density at radius 3 is 2.48 bits per heavy atom. The summed E-state index contributed by atoms with van der Waals surface area (Å²) in [5.41, 5.74) is 1.75. The lowest BCUT2D eigenvalue weighted by molar-refractivity contribution is -0.384. The number of aromatic nitrogens is 3. The first-order valence-corrected chi connectivity index (χ1v) is 10.9. The minimum absolute atomic E-state index is 0.0446. The number of aryl methyl sites for hydroxylation is 1. The third-order valence-electron chi connectivity index (χ3n) is 4.78. The molecule has 1 unspecified atom stereocenters. The van der Waals surface area contributed by atoms with Crippen LogP contribution in [0.5, 0.6) is 0 Å². The second-order valence-electron chi connectivity index (χ2n) is 6.94. The first kappa shape index (κ1) is 22.5. The number of thioether (sulfide) groups is 1. The van der Waals surface area contributed by atoms with Gasteiger partial charge in [-0.3, -0.25) is 14.9 Å². The third kappa shape index (κ3) is 5.69. The van der Waals surface area contributed by atoms with Crippen molar-refractivity contribution in [3.63, 3.8) is 0 Å². The molecule has 1 heterocycles. The van der Waals surface area contributed by atoms with Crippen molar-refractivity contribution in [1.29, 1.82) is 0 Å². The van der Waals surface area contributed by atoms with Gasteiger partial charge in [0.1, 0.15) is 11.1 Å². The van der Waals surface area contributed by atoms with E-state index in [2.05, 4.69) is 17.1 Å². The molecule has 2 aromatic carbocycles. The number of methoxy groups -OCH3 is 1. The van der Waals surface area contributed by atoms with Crippen LogP contribution in [0.2, 0.25) is 0 Å². The smallest absolute Gasteiger partial charge is 0.323 e. The Bertz CT molecular complexity index is 1020. The number of unbranched alkanes of at least 4 members (excludes halogenated alkanes) is 1. The lowest BCUT2D eigenvalue weighted by atomic mass is 10.1. The van der Waals surface area contributed by atoms with Crippen LogP contribution in [0.15, 0.2) is 59.8 Å². The van der Waals surface area contributed by atoms with Crippen LogP contribution in [0.3, 0.4) is 0 Å². The fourth-order valence-corrected chi connectivity index (χ4v) is 4.16. The van der Waals surface area contributed by atoms with E-state index in [0.29, 0.717) is 11.7 Å². The average Bonchev–Trinajstić information content (AvgIpc) is 3.17. The Morgan fingerprint density at radius 2 is 1.87 bits per heavy atom. The fourth-order valence-electron chi connectivity index (χ4n) is 3.08.